The topological polar surface area (TPSA) is 68.4 Å². The summed E-state index contributed by atoms with van der Waals surface area (Å²) in [5.74, 6) is 0.780. The van der Waals surface area contributed by atoms with Crippen molar-refractivity contribution >= 4 is 22.8 Å². The molecule has 2 N–H and O–H groups in total. The quantitative estimate of drug-likeness (QED) is 0.869. The van der Waals surface area contributed by atoms with E-state index in [4.69, 9.17) is 0 Å². The number of carbonyl (C=O) groups is 2. The largest absolute Gasteiger partial charge is 0.358 e. The molecule has 6 heteroatoms. The van der Waals surface area contributed by atoms with E-state index in [-0.39, 0.29) is 23.9 Å². The van der Waals surface area contributed by atoms with Crippen molar-refractivity contribution in [2.45, 2.75) is 33.2 Å². The zero-order chi connectivity index (χ0) is 19.7. The van der Waals surface area contributed by atoms with Crippen molar-refractivity contribution in [3.8, 4) is 0 Å². The van der Waals surface area contributed by atoms with Gasteiger partial charge in [-0.25, -0.2) is 4.79 Å². The fraction of sp³-hybridized carbons (Fsp3) is 0.524. The monoisotopic (exact) mass is 370 g/mol. The molecule has 0 unspecified atom stereocenters. The number of nitrogens with zero attached hydrogens (tertiary/aromatic N) is 2. The lowest BCUT2D eigenvalue weighted by Gasteiger charge is -2.24. The van der Waals surface area contributed by atoms with Gasteiger partial charge in [-0.05, 0) is 24.5 Å². The molecule has 0 spiro atoms. The van der Waals surface area contributed by atoms with Crippen LogP contribution in [0.3, 0.4) is 0 Å². The third-order valence-electron chi connectivity index (χ3n) is 5.64. The molecule has 1 aromatic heterocycles. The van der Waals surface area contributed by atoms with E-state index in [0.29, 0.717) is 25.4 Å². The Morgan fingerprint density at radius 2 is 1.96 bits per heavy atom. The van der Waals surface area contributed by atoms with E-state index in [1.54, 1.807) is 14.1 Å². The smallest absolute Gasteiger partial charge is 0.317 e. The van der Waals surface area contributed by atoms with E-state index in [1.807, 2.05) is 30.0 Å². The zero-order valence-corrected chi connectivity index (χ0v) is 16.9. The molecule has 1 saturated heterocycles. The van der Waals surface area contributed by atoms with Crippen LogP contribution < -0.4 is 5.32 Å². The number of carbonyl (C=O) groups excluding carboxylic acids is 2. The third kappa shape index (κ3) is 3.94. The Bertz CT molecular complexity index is 840. The number of aromatic nitrogens is 1. The van der Waals surface area contributed by atoms with E-state index in [1.165, 1.54) is 4.90 Å². The van der Waals surface area contributed by atoms with Gasteiger partial charge in [0.25, 0.3) is 0 Å². The summed E-state index contributed by atoms with van der Waals surface area (Å²) < 4.78 is 0. The van der Waals surface area contributed by atoms with Gasteiger partial charge in [-0.2, -0.15) is 0 Å². The molecule has 0 radical (unpaired) electrons. The van der Waals surface area contributed by atoms with Crippen LogP contribution in [0.5, 0.6) is 0 Å². The Morgan fingerprint density at radius 3 is 2.63 bits per heavy atom. The van der Waals surface area contributed by atoms with Crippen LogP contribution in [0, 0.1) is 18.8 Å². The second-order valence-corrected chi connectivity index (χ2v) is 8.11. The molecular formula is C21H30N4O2. The number of hydrogen-bond donors (Lipinski definition) is 2. The summed E-state index contributed by atoms with van der Waals surface area (Å²) in [6.07, 6.45) is 0.384. The molecule has 1 aliphatic heterocycles. The van der Waals surface area contributed by atoms with Gasteiger partial charge in [-0.15, -0.1) is 0 Å². The number of H-pyrrole nitrogens is 1. The minimum atomic E-state index is -0.104. The predicted molar refractivity (Wildman–Crippen MR) is 108 cm³/mol. The normalized spacial score (nSPS) is 19.7. The Balaban J connectivity index is 1.74. The molecule has 0 bridgehead atoms. The molecule has 146 valence electrons. The van der Waals surface area contributed by atoms with Gasteiger partial charge in [0.05, 0.1) is 12.5 Å². The minimum absolute atomic E-state index is 0.00656. The molecule has 0 saturated carbocycles. The van der Waals surface area contributed by atoms with Crippen LogP contribution in [-0.4, -0.2) is 59.9 Å². The lowest BCUT2D eigenvalue weighted by molar-refractivity contribution is -0.129. The maximum absolute atomic E-state index is 13.0. The average molecular weight is 370 g/mol. The molecule has 1 aliphatic rings. The van der Waals surface area contributed by atoms with Crippen LogP contribution in [-0.2, 0) is 11.2 Å². The summed E-state index contributed by atoms with van der Waals surface area (Å²) in [7, 11) is 3.47. The Hall–Kier alpha value is -2.50. The molecule has 3 rings (SSSR count). The van der Waals surface area contributed by atoms with Gasteiger partial charge in [-0.3, -0.25) is 4.79 Å². The Labute approximate surface area is 160 Å². The highest BCUT2D eigenvalue weighted by atomic mass is 16.2. The number of hydrogen-bond acceptors (Lipinski definition) is 2. The number of benzene rings is 1. The fourth-order valence-electron chi connectivity index (χ4n) is 3.97. The van der Waals surface area contributed by atoms with Crippen LogP contribution in [0.15, 0.2) is 24.3 Å². The van der Waals surface area contributed by atoms with Gasteiger partial charge in [0, 0.05) is 49.7 Å². The van der Waals surface area contributed by atoms with Crippen LogP contribution in [0.4, 0.5) is 4.79 Å². The number of amides is 3. The molecule has 6 nitrogen and oxygen atoms in total. The summed E-state index contributed by atoms with van der Waals surface area (Å²) in [6, 6.07) is 7.98. The number of para-hydroxylation sites is 1. The summed E-state index contributed by atoms with van der Waals surface area (Å²) in [4.78, 5) is 31.9. The Kier molecular flexibility index (Phi) is 5.44. The van der Waals surface area contributed by atoms with E-state index < -0.39 is 0 Å². The average Bonchev–Trinajstić information content (AvgIpc) is 3.16. The third-order valence-corrected chi connectivity index (χ3v) is 5.64. The first-order valence-electron chi connectivity index (χ1n) is 9.59. The first-order valence-corrected chi connectivity index (χ1v) is 9.59. The van der Waals surface area contributed by atoms with Gasteiger partial charge in [0.2, 0.25) is 5.91 Å². The zero-order valence-electron chi connectivity index (χ0n) is 16.9. The lowest BCUT2D eigenvalue weighted by Crippen LogP contribution is -2.46. The number of aryl methyl sites for hydroxylation is 1. The molecule has 2 heterocycles. The van der Waals surface area contributed by atoms with Gasteiger partial charge < -0.3 is 20.1 Å². The van der Waals surface area contributed by atoms with Crippen molar-refractivity contribution < 1.29 is 9.59 Å². The van der Waals surface area contributed by atoms with Crippen molar-refractivity contribution in [2.24, 2.45) is 11.8 Å². The SMILES string of the molecule is Cc1[nH]c2ccccc2c1CC(=O)N1C[C@@H](NC(=O)N(C)C)[C@H](C(C)C)C1. The van der Waals surface area contributed by atoms with Gasteiger partial charge in [0.15, 0.2) is 0 Å². The molecule has 2 atom stereocenters. The van der Waals surface area contributed by atoms with Crippen molar-refractivity contribution in [3.63, 3.8) is 0 Å². The number of aromatic amines is 1. The highest BCUT2D eigenvalue weighted by Crippen LogP contribution is 2.27. The van der Waals surface area contributed by atoms with Crippen molar-refractivity contribution in [2.75, 3.05) is 27.2 Å². The molecule has 1 aromatic carbocycles. The minimum Gasteiger partial charge on any atom is -0.358 e. The first kappa shape index (κ1) is 19.3. The van der Waals surface area contributed by atoms with Gasteiger partial charge >= 0.3 is 6.03 Å². The summed E-state index contributed by atoms with van der Waals surface area (Å²) in [6.45, 7) is 7.58. The standard InChI is InChI=1S/C21H30N4O2/c1-13(2)17-11-25(12-19(17)23-21(27)24(4)5)20(26)10-16-14(3)22-18-9-7-6-8-15(16)18/h6-9,13,17,19,22H,10-12H2,1-5H3,(H,23,27)/t17-,19+/m0/s1. The maximum Gasteiger partial charge on any atom is 0.317 e. The summed E-state index contributed by atoms with van der Waals surface area (Å²) in [5, 5.41) is 4.19. The second-order valence-electron chi connectivity index (χ2n) is 8.11. The van der Waals surface area contributed by atoms with Crippen LogP contribution in [0.25, 0.3) is 10.9 Å². The highest BCUT2D eigenvalue weighted by Gasteiger charge is 2.38. The van der Waals surface area contributed by atoms with Crippen molar-refractivity contribution in [1.82, 2.24) is 20.1 Å². The summed E-state index contributed by atoms with van der Waals surface area (Å²) >= 11 is 0. The number of likely N-dealkylation sites (tertiary alicyclic amines) is 1. The van der Waals surface area contributed by atoms with Gasteiger partial charge in [0.1, 0.15) is 0 Å². The van der Waals surface area contributed by atoms with Crippen LogP contribution in [0.2, 0.25) is 0 Å². The fourth-order valence-corrected chi connectivity index (χ4v) is 3.97. The number of urea groups is 1. The van der Waals surface area contributed by atoms with E-state index in [9.17, 15) is 9.59 Å². The highest BCUT2D eigenvalue weighted by molar-refractivity contribution is 5.90. The number of fused-ring (bicyclic) bond motifs is 1. The maximum atomic E-state index is 13.0. The van der Waals surface area contributed by atoms with Crippen LogP contribution in [0.1, 0.15) is 25.1 Å². The van der Waals surface area contributed by atoms with E-state index in [0.717, 1.165) is 22.2 Å². The van der Waals surface area contributed by atoms with E-state index in [2.05, 4.69) is 30.2 Å². The summed E-state index contributed by atoms with van der Waals surface area (Å²) in [5.41, 5.74) is 3.18. The molecule has 1 fully saturated rings. The molecular weight excluding hydrogens is 340 g/mol. The predicted octanol–water partition coefficient (Wildman–Crippen LogP) is 2.77. The van der Waals surface area contributed by atoms with E-state index >= 15 is 0 Å². The molecule has 27 heavy (non-hydrogen) atoms. The number of rotatable bonds is 4. The second kappa shape index (κ2) is 7.62. The van der Waals surface area contributed by atoms with Gasteiger partial charge in [-0.1, -0.05) is 32.0 Å². The molecule has 3 amide bonds. The molecule has 0 aliphatic carbocycles. The lowest BCUT2D eigenvalue weighted by atomic mass is 9.91. The molecule has 2 aromatic rings. The van der Waals surface area contributed by atoms with Crippen molar-refractivity contribution in [1.29, 1.82) is 0 Å². The Morgan fingerprint density at radius 1 is 1.26 bits per heavy atom. The van der Waals surface area contributed by atoms with Crippen LogP contribution >= 0.6 is 0 Å². The number of nitrogens with one attached hydrogen (secondary N) is 2. The van der Waals surface area contributed by atoms with Crippen molar-refractivity contribution in [3.05, 3.63) is 35.5 Å². The first-order chi connectivity index (χ1) is 12.8.